The molecule has 3 heteroatoms. The van der Waals surface area contributed by atoms with Crippen LogP contribution in [0.4, 0.5) is 4.39 Å². The van der Waals surface area contributed by atoms with E-state index < -0.39 is 23.8 Å². The minimum Gasteiger partial charge on any atom is -0.390 e. The summed E-state index contributed by atoms with van der Waals surface area (Å²) in [5.74, 6) is 0.793. The highest BCUT2D eigenvalue weighted by Crippen LogP contribution is 2.65. The van der Waals surface area contributed by atoms with Crippen molar-refractivity contribution in [2.75, 3.05) is 0 Å². The number of hydrogen-bond donors (Lipinski definition) is 2. The Bertz CT molecular complexity index is 504. The number of hydrogen-bond acceptors (Lipinski definition) is 2. The van der Waals surface area contributed by atoms with Crippen LogP contribution in [0.1, 0.15) is 58.8 Å². The minimum atomic E-state index is -1.47. The van der Waals surface area contributed by atoms with E-state index in [1.807, 2.05) is 6.92 Å². The van der Waals surface area contributed by atoms with Gasteiger partial charge in [-0.1, -0.05) is 31.9 Å². The second kappa shape index (κ2) is 4.80. The molecule has 0 unspecified atom stereocenters. The average molecular weight is 308 g/mol. The minimum absolute atomic E-state index is 0.0900. The van der Waals surface area contributed by atoms with Gasteiger partial charge in [0.1, 0.15) is 0 Å². The van der Waals surface area contributed by atoms with E-state index >= 15 is 0 Å². The molecule has 0 aromatic carbocycles. The van der Waals surface area contributed by atoms with E-state index in [-0.39, 0.29) is 11.3 Å². The highest BCUT2D eigenvalue weighted by atomic mass is 19.1. The molecule has 0 bridgehead atoms. The molecule has 0 aliphatic heterocycles. The smallest absolute Gasteiger partial charge is 0.152 e. The number of allylic oxidation sites excluding steroid dienone is 2. The third-order valence-corrected chi connectivity index (χ3v) is 7.99. The molecule has 0 saturated heterocycles. The Morgan fingerprint density at radius 2 is 1.95 bits per heavy atom. The van der Waals surface area contributed by atoms with Gasteiger partial charge in [-0.2, -0.15) is 0 Å². The van der Waals surface area contributed by atoms with Crippen LogP contribution in [0.15, 0.2) is 11.6 Å². The molecule has 0 spiro atoms. The summed E-state index contributed by atoms with van der Waals surface area (Å²) in [6, 6.07) is 0. The molecule has 8 atom stereocenters. The fourth-order valence-corrected chi connectivity index (χ4v) is 6.72. The van der Waals surface area contributed by atoms with Gasteiger partial charge in [-0.3, -0.25) is 0 Å². The maximum absolute atomic E-state index is 14.3. The molecule has 0 radical (unpaired) electrons. The lowest BCUT2D eigenvalue weighted by molar-refractivity contribution is -0.0861. The summed E-state index contributed by atoms with van der Waals surface area (Å²) in [5, 5.41) is 20.9. The molecule has 22 heavy (non-hydrogen) atoms. The molecule has 0 aromatic heterocycles. The number of aliphatic hydroxyl groups is 2. The van der Waals surface area contributed by atoms with E-state index in [1.165, 1.54) is 25.7 Å². The predicted octanol–water partition coefficient (Wildman–Crippen LogP) is 3.62. The standard InChI is InChI=1S/C19H29FO2/c1-18-9-4-3-5-11(18)6-7-12-13(18)8-10-19(2)14(12)16(21)15(20)17(19)22/h6,12-17,21-22H,3-5,7-10H2,1-2H3/t12-,13+,14-,15-,16-,17-,18+,19+/m1/s1. The molecule has 0 heterocycles. The Balaban J connectivity index is 1.73. The fraction of sp³-hybridized carbons (Fsp3) is 0.895. The van der Waals surface area contributed by atoms with Gasteiger partial charge in [0.25, 0.3) is 0 Å². The first-order valence-corrected chi connectivity index (χ1v) is 9.09. The van der Waals surface area contributed by atoms with Crippen molar-refractivity contribution >= 4 is 0 Å². The van der Waals surface area contributed by atoms with Crippen molar-refractivity contribution in [3.05, 3.63) is 11.6 Å². The molecule has 3 saturated carbocycles. The number of aliphatic hydroxyl groups excluding tert-OH is 2. The quantitative estimate of drug-likeness (QED) is 0.671. The van der Waals surface area contributed by atoms with E-state index in [1.54, 1.807) is 5.57 Å². The molecule has 124 valence electrons. The first kappa shape index (κ1) is 15.1. The van der Waals surface area contributed by atoms with Crippen molar-refractivity contribution in [1.29, 1.82) is 0 Å². The summed E-state index contributed by atoms with van der Waals surface area (Å²) in [4.78, 5) is 0. The summed E-state index contributed by atoms with van der Waals surface area (Å²) in [7, 11) is 0. The van der Waals surface area contributed by atoms with Gasteiger partial charge < -0.3 is 10.2 Å². The van der Waals surface area contributed by atoms with Crippen molar-refractivity contribution in [3.63, 3.8) is 0 Å². The number of alkyl halides is 1. The van der Waals surface area contributed by atoms with Crippen molar-refractivity contribution in [1.82, 2.24) is 0 Å². The molecule has 2 nitrogen and oxygen atoms in total. The molecule has 0 amide bonds. The van der Waals surface area contributed by atoms with Crippen molar-refractivity contribution in [2.24, 2.45) is 28.6 Å². The van der Waals surface area contributed by atoms with Crippen LogP contribution in [0.5, 0.6) is 0 Å². The van der Waals surface area contributed by atoms with E-state index in [0.29, 0.717) is 11.8 Å². The van der Waals surface area contributed by atoms with Gasteiger partial charge in [-0.15, -0.1) is 0 Å². The molecule has 4 aliphatic rings. The maximum atomic E-state index is 14.3. The van der Waals surface area contributed by atoms with Gasteiger partial charge >= 0.3 is 0 Å². The van der Waals surface area contributed by atoms with Crippen molar-refractivity contribution in [3.8, 4) is 0 Å². The number of halogens is 1. The third-order valence-electron chi connectivity index (χ3n) is 7.99. The molecule has 2 N–H and O–H groups in total. The number of rotatable bonds is 0. The first-order valence-electron chi connectivity index (χ1n) is 9.09. The van der Waals surface area contributed by atoms with Crippen LogP contribution in [0.2, 0.25) is 0 Å². The van der Waals surface area contributed by atoms with Crippen molar-refractivity contribution < 1.29 is 14.6 Å². The Kier molecular flexibility index (Phi) is 3.30. The van der Waals surface area contributed by atoms with Crippen LogP contribution < -0.4 is 0 Å². The molecular weight excluding hydrogens is 279 g/mol. The van der Waals surface area contributed by atoms with Crippen LogP contribution in [-0.4, -0.2) is 28.6 Å². The normalized spacial score (nSPS) is 57.6. The zero-order valence-corrected chi connectivity index (χ0v) is 13.8. The Morgan fingerprint density at radius 3 is 2.73 bits per heavy atom. The lowest BCUT2D eigenvalue weighted by atomic mass is 9.48. The fourth-order valence-electron chi connectivity index (χ4n) is 6.72. The lowest BCUT2D eigenvalue weighted by Gasteiger charge is -2.57. The zero-order chi connectivity index (χ0) is 15.7. The lowest BCUT2D eigenvalue weighted by Crippen LogP contribution is -2.52. The van der Waals surface area contributed by atoms with Crippen LogP contribution in [0, 0.1) is 28.6 Å². The van der Waals surface area contributed by atoms with Crippen LogP contribution >= 0.6 is 0 Å². The molecule has 0 aromatic rings. The predicted molar refractivity (Wildman–Crippen MR) is 84.0 cm³/mol. The second-order valence-corrected chi connectivity index (χ2v) is 8.81. The highest BCUT2D eigenvalue weighted by Gasteiger charge is 2.64. The summed E-state index contributed by atoms with van der Waals surface area (Å²) in [5.41, 5.74) is 1.42. The molecule has 3 fully saturated rings. The molecular formula is C19H29FO2. The highest BCUT2D eigenvalue weighted by molar-refractivity contribution is 5.25. The van der Waals surface area contributed by atoms with Gasteiger partial charge in [0.05, 0.1) is 12.2 Å². The topological polar surface area (TPSA) is 40.5 Å². The van der Waals surface area contributed by atoms with E-state index in [0.717, 1.165) is 19.3 Å². The summed E-state index contributed by atoms with van der Waals surface area (Å²) < 4.78 is 14.3. The second-order valence-electron chi connectivity index (χ2n) is 8.81. The monoisotopic (exact) mass is 308 g/mol. The first-order chi connectivity index (χ1) is 10.4. The van der Waals surface area contributed by atoms with Crippen molar-refractivity contribution in [2.45, 2.75) is 77.2 Å². The van der Waals surface area contributed by atoms with Crippen LogP contribution in [0.3, 0.4) is 0 Å². The summed E-state index contributed by atoms with van der Waals surface area (Å²) in [6.07, 6.45) is 6.86. The van der Waals surface area contributed by atoms with Gasteiger partial charge in [-0.25, -0.2) is 4.39 Å². The van der Waals surface area contributed by atoms with Gasteiger partial charge in [0.2, 0.25) is 0 Å². The largest absolute Gasteiger partial charge is 0.390 e. The zero-order valence-electron chi connectivity index (χ0n) is 13.8. The van der Waals surface area contributed by atoms with Crippen LogP contribution in [0.25, 0.3) is 0 Å². The van der Waals surface area contributed by atoms with E-state index in [2.05, 4.69) is 13.0 Å². The van der Waals surface area contributed by atoms with E-state index in [9.17, 15) is 14.6 Å². The van der Waals surface area contributed by atoms with E-state index in [4.69, 9.17) is 0 Å². The molecule has 4 rings (SSSR count). The van der Waals surface area contributed by atoms with Gasteiger partial charge in [-0.05, 0) is 61.7 Å². The summed E-state index contributed by atoms with van der Waals surface area (Å²) >= 11 is 0. The van der Waals surface area contributed by atoms with Crippen LogP contribution in [-0.2, 0) is 0 Å². The SMILES string of the molecule is C[C@]12CC[C@H]3[C@@H](CC=C4CCCC[C@@]43C)[C@@H]1[C@@H](O)[C@@H](F)[C@H]2O. The maximum Gasteiger partial charge on any atom is 0.152 e. The van der Waals surface area contributed by atoms with Gasteiger partial charge in [0.15, 0.2) is 6.17 Å². The number of fused-ring (bicyclic) bond motifs is 5. The Hall–Kier alpha value is -0.410. The summed E-state index contributed by atoms with van der Waals surface area (Å²) in [6.45, 7) is 4.41. The molecule has 4 aliphatic carbocycles. The Morgan fingerprint density at radius 1 is 1.18 bits per heavy atom. The average Bonchev–Trinajstić information content (AvgIpc) is 2.68. The van der Waals surface area contributed by atoms with Gasteiger partial charge in [0, 0.05) is 5.41 Å². The third kappa shape index (κ3) is 1.73. The Labute approximate surface area is 132 Å².